The van der Waals surface area contributed by atoms with Gasteiger partial charge < -0.3 is 4.90 Å². The molecule has 0 heterocycles. The van der Waals surface area contributed by atoms with Crippen LogP contribution >= 0.6 is 11.6 Å². The van der Waals surface area contributed by atoms with Crippen LogP contribution in [0.5, 0.6) is 0 Å². The summed E-state index contributed by atoms with van der Waals surface area (Å²) in [5, 5.41) is 0.387. The van der Waals surface area contributed by atoms with Crippen molar-refractivity contribution in [2.75, 3.05) is 19.8 Å². The summed E-state index contributed by atoms with van der Waals surface area (Å²) in [5.74, 6) is -0.250. The number of halogens is 1. The van der Waals surface area contributed by atoms with E-state index in [9.17, 15) is 13.8 Å². The number of rotatable bonds is 5. The van der Waals surface area contributed by atoms with E-state index in [2.05, 4.69) is 0 Å². The third-order valence-corrected chi connectivity index (χ3v) is 4.17. The molecule has 104 valence electrons. The van der Waals surface area contributed by atoms with Crippen molar-refractivity contribution in [2.45, 2.75) is 18.2 Å². The number of nitrogens with zero attached hydrogens (tertiary/aromatic N) is 1. The number of carbonyl (C=O) groups is 2. The molecule has 0 radical (unpaired) electrons. The fourth-order valence-corrected chi connectivity index (χ4v) is 2.59. The van der Waals surface area contributed by atoms with Gasteiger partial charge in [-0.2, -0.15) is 0 Å². The van der Waals surface area contributed by atoms with Gasteiger partial charge in [0.25, 0.3) is 0 Å². The molecular weight excluding hydrogens is 286 g/mol. The molecule has 0 aliphatic carbocycles. The maximum atomic E-state index is 12.1. The third-order valence-electron chi connectivity index (χ3n) is 2.56. The molecule has 6 heteroatoms. The van der Waals surface area contributed by atoms with Gasteiger partial charge in [0.15, 0.2) is 5.78 Å². The minimum atomic E-state index is -1.26. The van der Waals surface area contributed by atoms with Crippen LogP contribution in [0.1, 0.15) is 23.7 Å². The minimum Gasteiger partial charge on any atom is -0.348 e. The predicted octanol–water partition coefficient (Wildman–Crippen LogP) is 2.13. The Morgan fingerprint density at radius 2 is 1.95 bits per heavy atom. The molecule has 0 bridgehead atoms. The normalized spacial score (nSPS) is 12.0. The van der Waals surface area contributed by atoms with E-state index < -0.39 is 10.8 Å². The molecule has 1 aromatic carbocycles. The van der Waals surface area contributed by atoms with E-state index in [0.29, 0.717) is 15.7 Å². The Balaban J connectivity index is 3.10. The van der Waals surface area contributed by atoms with Gasteiger partial charge in [0.1, 0.15) is 0 Å². The number of benzene rings is 1. The molecule has 0 aliphatic heterocycles. The van der Waals surface area contributed by atoms with Crippen molar-refractivity contribution >= 4 is 34.1 Å². The van der Waals surface area contributed by atoms with E-state index in [-0.39, 0.29) is 23.7 Å². The molecule has 1 rings (SSSR count). The molecule has 19 heavy (non-hydrogen) atoms. The van der Waals surface area contributed by atoms with Gasteiger partial charge in [-0.05, 0) is 18.2 Å². The van der Waals surface area contributed by atoms with Crippen LogP contribution in [0.4, 0.5) is 0 Å². The van der Waals surface area contributed by atoms with E-state index in [0.717, 1.165) is 0 Å². The summed E-state index contributed by atoms with van der Waals surface area (Å²) in [7, 11) is 1.90. The van der Waals surface area contributed by atoms with Gasteiger partial charge in [0.2, 0.25) is 5.91 Å². The second-order valence-corrected chi connectivity index (χ2v) is 6.31. The van der Waals surface area contributed by atoms with Crippen LogP contribution in [0.15, 0.2) is 23.1 Å². The van der Waals surface area contributed by atoms with Gasteiger partial charge in [-0.3, -0.25) is 13.8 Å². The van der Waals surface area contributed by atoms with Crippen LogP contribution in [0, 0.1) is 0 Å². The van der Waals surface area contributed by atoms with E-state index in [1.807, 2.05) is 0 Å². The number of amides is 1. The first-order valence-electron chi connectivity index (χ1n) is 5.78. The van der Waals surface area contributed by atoms with Crippen LogP contribution in [0.2, 0.25) is 5.02 Å². The van der Waals surface area contributed by atoms with E-state index in [1.54, 1.807) is 33.2 Å². The highest BCUT2D eigenvalue weighted by atomic mass is 35.5. The summed E-state index contributed by atoms with van der Waals surface area (Å²) in [6.07, 6.45) is -0.249. The summed E-state index contributed by atoms with van der Waals surface area (Å²) in [6, 6.07) is 4.64. The molecule has 0 N–H and O–H groups in total. The highest BCUT2D eigenvalue weighted by Crippen LogP contribution is 2.21. The van der Waals surface area contributed by atoms with Crippen LogP contribution in [-0.2, 0) is 15.6 Å². The summed E-state index contributed by atoms with van der Waals surface area (Å²) < 4.78 is 11.9. The molecule has 4 nitrogen and oxygen atoms in total. The SMILES string of the molecule is CCS(=O)c1ccc(Cl)cc1C(=O)CC(=O)N(C)C. The largest absolute Gasteiger partial charge is 0.348 e. The average molecular weight is 302 g/mol. The molecule has 0 aromatic heterocycles. The first-order valence-corrected chi connectivity index (χ1v) is 7.47. The third kappa shape index (κ3) is 4.14. The lowest BCUT2D eigenvalue weighted by molar-refractivity contribution is -0.127. The first kappa shape index (κ1) is 15.9. The first-order chi connectivity index (χ1) is 8.86. The minimum absolute atomic E-state index is 0.249. The highest BCUT2D eigenvalue weighted by molar-refractivity contribution is 7.85. The molecule has 0 fully saturated rings. The zero-order valence-electron chi connectivity index (χ0n) is 11.1. The van der Waals surface area contributed by atoms with Crippen LogP contribution in [0.25, 0.3) is 0 Å². The van der Waals surface area contributed by atoms with Crippen molar-refractivity contribution in [2.24, 2.45) is 0 Å². The maximum Gasteiger partial charge on any atom is 0.229 e. The van der Waals surface area contributed by atoms with Gasteiger partial charge in [-0.1, -0.05) is 18.5 Å². The topological polar surface area (TPSA) is 54.5 Å². The molecular formula is C13H16ClNO3S. The Labute approximate surface area is 120 Å². The Hall–Kier alpha value is -1.20. The average Bonchev–Trinajstić information content (AvgIpc) is 2.37. The van der Waals surface area contributed by atoms with Crippen molar-refractivity contribution < 1.29 is 13.8 Å². The molecule has 1 aromatic rings. The second kappa shape index (κ2) is 6.82. The zero-order chi connectivity index (χ0) is 14.6. The van der Waals surface area contributed by atoms with Crippen molar-refractivity contribution in [3.05, 3.63) is 28.8 Å². The number of carbonyl (C=O) groups excluding carboxylic acids is 2. The molecule has 0 spiro atoms. The standard InChI is InChI=1S/C13H16ClNO3S/c1-4-19(18)12-6-5-9(14)7-10(12)11(16)8-13(17)15(2)3/h5-7H,4,8H2,1-3H3. The fourth-order valence-electron chi connectivity index (χ4n) is 1.46. The molecule has 1 unspecified atom stereocenters. The lowest BCUT2D eigenvalue weighted by atomic mass is 10.1. The van der Waals surface area contributed by atoms with Gasteiger partial charge >= 0.3 is 0 Å². The van der Waals surface area contributed by atoms with Crippen molar-refractivity contribution in [3.63, 3.8) is 0 Å². The number of Topliss-reactive ketones (excluding diaryl/α,β-unsaturated/α-hetero) is 1. The molecule has 0 saturated heterocycles. The summed E-state index contributed by atoms with van der Waals surface area (Å²) >= 11 is 5.86. The smallest absolute Gasteiger partial charge is 0.229 e. The summed E-state index contributed by atoms with van der Waals surface area (Å²) in [6.45, 7) is 1.77. The lowest BCUT2D eigenvalue weighted by Crippen LogP contribution is -2.24. The van der Waals surface area contributed by atoms with Crippen molar-refractivity contribution in [3.8, 4) is 0 Å². The number of hydrogen-bond acceptors (Lipinski definition) is 3. The van der Waals surface area contributed by atoms with Gasteiger partial charge in [-0.25, -0.2) is 0 Å². The number of hydrogen-bond donors (Lipinski definition) is 0. The van der Waals surface area contributed by atoms with Crippen LogP contribution in [-0.4, -0.2) is 40.6 Å². The Morgan fingerprint density at radius 1 is 1.32 bits per heavy atom. The summed E-state index contributed by atoms with van der Waals surface area (Å²) in [4.78, 5) is 25.5. The van der Waals surface area contributed by atoms with Crippen molar-refractivity contribution in [1.82, 2.24) is 4.90 Å². The molecule has 1 amide bonds. The van der Waals surface area contributed by atoms with E-state index in [4.69, 9.17) is 11.6 Å². The molecule has 0 aliphatic rings. The van der Waals surface area contributed by atoms with E-state index in [1.165, 1.54) is 11.0 Å². The van der Waals surface area contributed by atoms with Gasteiger partial charge in [-0.15, -0.1) is 0 Å². The Kier molecular flexibility index (Phi) is 5.69. The predicted molar refractivity (Wildman–Crippen MR) is 76.0 cm³/mol. The summed E-state index contributed by atoms with van der Waals surface area (Å²) in [5.41, 5.74) is 0.267. The Morgan fingerprint density at radius 3 is 2.47 bits per heavy atom. The maximum absolute atomic E-state index is 12.1. The van der Waals surface area contributed by atoms with Crippen LogP contribution < -0.4 is 0 Å². The van der Waals surface area contributed by atoms with E-state index >= 15 is 0 Å². The quantitative estimate of drug-likeness (QED) is 0.618. The Bertz CT molecular complexity index is 529. The van der Waals surface area contributed by atoms with Crippen molar-refractivity contribution in [1.29, 1.82) is 0 Å². The number of ketones is 1. The lowest BCUT2D eigenvalue weighted by Gasteiger charge is -2.11. The van der Waals surface area contributed by atoms with Gasteiger partial charge in [0.05, 0.1) is 17.2 Å². The van der Waals surface area contributed by atoms with Gasteiger partial charge in [0, 0.05) is 35.3 Å². The zero-order valence-corrected chi connectivity index (χ0v) is 12.7. The fraction of sp³-hybridized carbons (Fsp3) is 0.385. The monoisotopic (exact) mass is 301 g/mol. The highest BCUT2D eigenvalue weighted by Gasteiger charge is 2.19. The van der Waals surface area contributed by atoms with Crippen LogP contribution in [0.3, 0.4) is 0 Å². The second-order valence-electron chi connectivity index (χ2n) is 4.16. The molecule has 0 saturated carbocycles. The molecule has 1 atom stereocenters.